The fourth-order valence-corrected chi connectivity index (χ4v) is 6.37. The Labute approximate surface area is 244 Å². The average Bonchev–Trinajstić information content (AvgIpc) is 3.47. The second-order valence-electron chi connectivity index (χ2n) is 9.77. The topological polar surface area (TPSA) is 94.3 Å². The summed E-state index contributed by atoms with van der Waals surface area (Å²) in [5, 5.41) is 0.537. The maximum atomic E-state index is 14.0. The number of benzene rings is 3. The zero-order valence-corrected chi connectivity index (χ0v) is 24.2. The third-order valence-electron chi connectivity index (χ3n) is 6.97. The smallest absolute Gasteiger partial charge is 0.236 e. The maximum Gasteiger partial charge on any atom is 0.236 e. The number of nitrogens with zero attached hydrogens (tertiary/aromatic N) is 3. The second kappa shape index (κ2) is 11.5. The van der Waals surface area contributed by atoms with Crippen LogP contribution in [0, 0.1) is 0 Å². The summed E-state index contributed by atoms with van der Waals surface area (Å²) < 4.78 is 51.2. The molecule has 0 unspecified atom stereocenters. The Morgan fingerprint density at radius 2 is 1.63 bits per heavy atom. The molecular weight excluding hydrogens is 566 g/mol. The number of ether oxygens (including phenoxy) is 3. The van der Waals surface area contributed by atoms with Gasteiger partial charge in [-0.1, -0.05) is 24.6 Å². The molecule has 0 bridgehead atoms. The number of oxazole rings is 1. The van der Waals surface area contributed by atoms with Crippen LogP contribution in [0.25, 0.3) is 11.5 Å². The van der Waals surface area contributed by atoms with E-state index in [2.05, 4.69) is 9.88 Å². The lowest BCUT2D eigenvalue weighted by atomic mass is 10.2. The van der Waals surface area contributed by atoms with Gasteiger partial charge in [-0.3, -0.25) is 0 Å². The van der Waals surface area contributed by atoms with E-state index in [1.54, 1.807) is 6.07 Å². The fraction of sp³-hybridized carbons (Fsp3) is 0.300. The van der Waals surface area contributed by atoms with E-state index in [0.717, 1.165) is 17.9 Å². The molecule has 3 heterocycles. The molecule has 11 heteroatoms. The quantitative estimate of drug-likeness (QED) is 0.254. The number of piperazine rings is 1. The highest BCUT2D eigenvalue weighted by Crippen LogP contribution is 2.39. The van der Waals surface area contributed by atoms with Gasteiger partial charge >= 0.3 is 0 Å². The van der Waals surface area contributed by atoms with Crippen LogP contribution in [-0.2, 0) is 9.84 Å². The van der Waals surface area contributed by atoms with Crippen LogP contribution in [0.2, 0.25) is 5.02 Å². The Balaban J connectivity index is 1.34. The van der Waals surface area contributed by atoms with E-state index in [1.165, 1.54) is 12.1 Å². The van der Waals surface area contributed by atoms with E-state index in [1.807, 2.05) is 60.4 Å². The molecule has 0 N–H and O–H groups in total. The minimum atomic E-state index is -4.07. The first-order valence-corrected chi connectivity index (χ1v) is 15.4. The van der Waals surface area contributed by atoms with Gasteiger partial charge in [-0.25, -0.2) is 8.42 Å². The van der Waals surface area contributed by atoms with Crippen LogP contribution in [0.3, 0.4) is 0 Å². The molecule has 1 fully saturated rings. The van der Waals surface area contributed by atoms with Gasteiger partial charge in [-0.2, -0.15) is 4.98 Å². The van der Waals surface area contributed by atoms with Gasteiger partial charge in [0, 0.05) is 48.5 Å². The van der Waals surface area contributed by atoms with E-state index in [0.29, 0.717) is 68.1 Å². The number of hydrogen-bond donors (Lipinski definition) is 0. The average molecular weight is 596 g/mol. The van der Waals surface area contributed by atoms with E-state index < -0.39 is 9.84 Å². The number of anilines is 2. The third-order valence-corrected chi connectivity index (χ3v) is 8.86. The van der Waals surface area contributed by atoms with E-state index in [-0.39, 0.29) is 21.7 Å². The molecule has 0 saturated carbocycles. The van der Waals surface area contributed by atoms with Crippen molar-refractivity contribution in [3.05, 3.63) is 71.8 Å². The van der Waals surface area contributed by atoms with Gasteiger partial charge in [0.2, 0.25) is 26.6 Å². The van der Waals surface area contributed by atoms with Crippen LogP contribution in [0.15, 0.2) is 81.1 Å². The van der Waals surface area contributed by atoms with Crippen molar-refractivity contribution in [2.75, 3.05) is 55.8 Å². The maximum absolute atomic E-state index is 14.0. The monoisotopic (exact) mass is 595 g/mol. The molecule has 2 aliphatic rings. The molecule has 0 amide bonds. The molecular formula is C30H30ClN3O6S. The van der Waals surface area contributed by atoms with Crippen LogP contribution in [-0.4, -0.2) is 59.4 Å². The lowest BCUT2D eigenvalue weighted by molar-refractivity contribution is 0.171. The predicted molar refractivity (Wildman–Crippen MR) is 156 cm³/mol. The summed E-state index contributed by atoms with van der Waals surface area (Å²) >= 11 is 6.21. The van der Waals surface area contributed by atoms with Gasteiger partial charge in [-0.05, 0) is 61.0 Å². The van der Waals surface area contributed by atoms with Crippen molar-refractivity contribution < 1.29 is 27.0 Å². The lowest BCUT2D eigenvalue weighted by Gasteiger charge is -2.36. The number of sulfone groups is 1. The molecule has 0 spiro atoms. The number of halogens is 1. The van der Waals surface area contributed by atoms with Crippen LogP contribution in [0.1, 0.15) is 13.3 Å². The second-order valence-corrected chi connectivity index (χ2v) is 12.1. The molecule has 1 aromatic heterocycles. The summed E-state index contributed by atoms with van der Waals surface area (Å²) in [6.07, 6.45) is 0.899. The summed E-state index contributed by atoms with van der Waals surface area (Å²) in [7, 11) is -4.07. The highest BCUT2D eigenvalue weighted by atomic mass is 35.5. The Bertz CT molecular complexity index is 1630. The minimum absolute atomic E-state index is 0.0590. The van der Waals surface area contributed by atoms with Crippen molar-refractivity contribution in [2.24, 2.45) is 0 Å². The summed E-state index contributed by atoms with van der Waals surface area (Å²) in [5.41, 5.74) is 1.67. The normalized spacial score (nSPS) is 15.2. The largest absolute Gasteiger partial charge is 0.494 e. The van der Waals surface area contributed by atoms with Crippen LogP contribution >= 0.6 is 11.6 Å². The summed E-state index contributed by atoms with van der Waals surface area (Å²) in [4.78, 5) is 8.76. The molecule has 6 rings (SSSR count). The Morgan fingerprint density at radius 1 is 0.902 bits per heavy atom. The predicted octanol–water partition coefficient (Wildman–Crippen LogP) is 5.71. The highest BCUT2D eigenvalue weighted by molar-refractivity contribution is 7.91. The number of hydrogen-bond acceptors (Lipinski definition) is 9. The third kappa shape index (κ3) is 5.67. The number of aromatic nitrogens is 1. The molecule has 0 radical (unpaired) electrons. The summed E-state index contributed by atoms with van der Waals surface area (Å²) in [6.45, 7) is 5.81. The van der Waals surface area contributed by atoms with Crippen LogP contribution in [0.5, 0.6) is 17.2 Å². The first-order chi connectivity index (χ1) is 19.9. The van der Waals surface area contributed by atoms with E-state index in [9.17, 15) is 8.42 Å². The van der Waals surface area contributed by atoms with Gasteiger partial charge in [0.1, 0.15) is 19.0 Å². The standard InChI is InChI=1S/C30H30ClN3O6S/c1-2-16-37-24-8-6-21(7-9-24)28-32-29(41(35,36)25-10-11-26-27(20-25)39-18-17-38-26)30(40-28)34-14-12-33(13-15-34)23-5-3-4-22(31)19-23/h3-11,19-20H,2,12-18H2,1H3. The van der Waals surface area contributed by atoms with Crippen molar-refractivity contribution in [1.29, 1.82) is 0 Å². The SMILES string of the molecule is CCCOc1ccc(-c2nc(S(=O)(=O)c3ccc4c(c3)OCCO4)c(N3CCN(c4cccc(Cl)c4)CC3)o2)cc1. The molecule has 2 aliphatic heterocycles. The lowest BCUT2D eigenvalue weighted by Crippen LogP contribution is -2.46. The molecule has 0 atom stereocenters. The molecule has 214 valence electrons. The van der Waals surface area contributed by atoms with Gasteiger partial charge in [-0.15, -0.1) is 0 Å². The Kier molecular flexibility index (Phi) is 7.68. The zero-order chi connectivity index (χ0) is 28.4. The Hall–Kier alpha value is -3.89. The minimum Gasteiger partial charge on any atom is -0.494 e. The van der Waals surface area contributed by atoms with Gasteiger partial charge in [0.15, 0.2) is 11.5 Å². The van der Waals surface area contributed by atoms with E-state index in [4.69, 9.17) is 30.2 Å². The van der Waals surface area contributed by atoms with Crippen molar-refractivity contribution in [2.45, 2.75) is 23.3 Å². The molecule has 1 saturated heterocycles. The number of fused-ring (bicyclic) bond motifs is 1. The van der Waals surface area contributed by atoms with Crippen molar-refractivity contribution >= 4 is 33.0 Å². The first kappa shape index (κ1) is 27.3. The first-order valence-electron chi connectivity index (χ1n) is 13.6. The van der Waals surface area contributed by atoms with Gasteiger partial charge in [0.25, 0.3) is 0 Å². The molecule has 41 heavy (non-hydrogen) atoms. The molecule has 3 aromatic carbocycles. The fourth-order valence-electron chi connectivity index (χ4n) is 4.85. The summed E-state index contributed by atoms with van der Waals surface area (Å²) in [5.74, 6) is 2.06. The molecule has 0 aliphatic carbocycles. The zero-order valence-electron chi connectivity index (χ0n) is 22.6. The number of rotatable bonds is 8. The van der Waals surface area contributed by atoms with Crippen molar-refractivity contribution in [3.8, 4) is 28.7 Å². The van der Waals surface area contributed by atoms with E-state index >= 15 is 0 Å². The van der Waals surface area contributed by atoms with Crippen molar-refractivity contribution in [1.82, 2.24) is 4.98 Å². The van der Waals surface area contributed by atoms with Crippen LogP contribution in [0.4, 0.5) is 11.6 Å². The van der Waals surface area contributed by atoms with Gasteiger partial charge in [0.05, 0.1) is 11.5 Å². The van der Waals surface area contributed by atoms with Crippen molar-refractivity contribution in [3.63, 3.8) is 0 Å². The van der Waals surface area contributed by atoms with Gasteiger partial charge < -0.3 is 28.4 Å². The summed E-state index contributed by atoms with van der Waals surface area (Å²) in [6, 6.07) is 19.6. The molecule has 9 nitrogen and oxygen atoms in total. The highest BCUT2D eigenvalue weighted by Gasteiger charge is 2.34. The Morgan fingerprint density at radius 3 is 2.37 bits per heavy atom. The molecule has 4 aromatic rings. The van der Waals surface area contributed by atoms with Crippen LogP contribution < -0.4 is 24.0 Å².